The maximum atomic E-state index is 12.7. The van der Waals surface area contributed by atoms with Crippen LogP contribution in [0, 0.1) is 11.3 Å². The monoisotopic (exact) mass is 472 g/mol. The molecule has 0 radical (unpaired) electrons. The molecular weight excluding hydrogens is 454 g/mol. The summed E-state index contributed by atoms with van der Waals surface area (Å²) >= 11 is 0. The first-order valence-electron chi connectivity index (χ1n) is 9.85. The molecule has 1 fully saturated rings. The Hall–Kier alpha value is -3.42. The molecule has 0 spiro atoms. The molecule has 5 nitrogen and oxygen atoms in total. The van der Waals surface area contributed by atoms with Crippen LogP contribution in [0.2, 0.25) is 0 Å². The van der Waals surface area contributed by atoms with Crippen LogP contribution < -0.4 is 4.74 Å². The standard InChI is InChI=1S/C22H18F6N2O3/c23-21(24,25)19(22(26,27)28)33-20(31)30-11-5-8-15(13-30)32-18-10-4-9-16(17(18)12-29)14-6-2-1-3-7-14/h1-4,6-7,9-10,15,19H,5,8,11,13H2. The second-order valence-corrected chi connectivity index (χ2v) is 7.33. The number of hydrogen-bond acceptors (Lipinski definition) is 4. The maximum Gasteiger partial charge on any atom is 0.434 e. The molecule has 11 heteroatoms. The van der Waals surface area contributed by atoms with Gasteiger partial charge in [0.25, 0.3) is 6.10 Å². The molecule has 0 aliphatic carbocycles. The van der Waals surface area contributed by atoms with E-state index in [2.05, 4.69) is 10.8 Å². The summed E-state index contributed by atoms with van der Waals surface area (Å²) < 4.78 is 85.8. The number of ether oxygens (including phenoxy) is 2. The van der Waals surface area contributed by atoms with E-state index in [1.807, 2.05) is 6.07 Å². The van der Waals surface area contributed by atoms with Gasteiger partial charge in [0.05, 0.1) is 6.54 Å². The van der Waals surface area contributed by atoms with Crippen LogP contribution in [0.1, 0.15) is 18.4 Å². The molecule has 1 atom stereocenters. The average Bonchev–Trinajstić information content (AvgIpc) is 2.76. The van der Waals surface area contributed by atoms with Gasteiger partial charge >= 0.3 is 18.4 Å². The van der Waals surface area contributed by atoms with Crippen molar-refractivity contribution in [2.75, 3.05) is 13.1 Å². The lowest BCUT2D eigenvalue weighted by molar-refractivity contribution is -0.308. The number of alkyl halides is 6. The molecule has 0 saturated carbocycles. The summed E-state index contributed by atoms with van der Waals surface area (Å²) in [6.45, 7) is -0.377. The number of nitrogens with zero attached hydrogens (tertiary/aromatic N) is 2. The topological polar surface area (TPSA) is 62.6 Å². The lowest BCUT2D eigenvalue weighted by atomic mass is 9.99. The molecule has 176 valence electrons. The Bertz CT molecular complexity index is 1000. The Morgan fingerprint density at radius 3 is 2.30 bits per heavy atom. The smallest absolute Gasteiger partial charge is 0.434 e. The van der Waals surface area contributed by atoms with E-state index in [-0.39, 0.29) is 30.8 Å². The third-order valence-corrected chi connectivity index (χ3v) is 4.97. The van der Waals surface area contributed by atoms with Gasteiger partial charge in [0.1, 0.15) is 23.5 Å². The fourth-order valence-corrected chi connectivity index (χ4v) is 3.48. The van der Waals surface area contributed by atoms with Gasteiger partial charge in [-0.1, -0.05) is 42.5 Å². The molecule has 33 heavy (non-hydrogen) atoms. The van der Waals surface area contributed by atoms with Gasteiger partial charge in [0.15, 0.2) is 0 Å². The van der Waals surface area contributed by atoms with Crippen molar-refractivity contribution in [1.29, 1.82) is 5.26 Å². The molecule has 3 rings (SSSR count). The fourth-order valence-electron chi connectivity index (χ4n) is 3.48. The van der Waals surface area contributed by atoms with E-state index in [1.165, 1.54) is 6.07 Å². The zero-order valence-corrected chi connectivity index (χ0v) is 17.0. The van der Waals surface area contributed by atoms with E-state index in [1.54, 1.807) is 36.4 Å². The minimum atomic E-state index is -5.79. The van der Waals surface area contributed by atoms with Crippen LogP contribution in [-0.4, -0.2) is 48.6 Å². The number of carbonyl (C=O) groups is 1. The Balaban J connectivity index is 1.74. The molecule has 1 aliphatic rings. The first kappa shape index (κ1) is 24.2. The van der Waals surface area contributed by atoms with Crippen molar-refractivity contribution in [2.45, 2.75) is 37.4 Å². The zero-order chi connectivity index (χ0) is 24.2. The number of rotatable bonds is 4. The number of amides is 1. The predicted octanol–water partition coefficient (Wildman–Crippen LogP) is 5.70. The van der Waals surface area contributed by atoms with Crippen LogP contribution >= 0.6 is 0 Å². The number of halogens is 6. The van der Waals surface area contributed by atoms with Gasteiger partial charge < -0.3 is 14.4 Å². The van der Waals surface area contributed by atoms with Crippen molar-refractivity contribution in [3.05, 3.63) is 54.1 Å². The van der Waals surface area contributed by atoms with Crippen molar-refractivity contribution in [3.8, 4) is 22.9 Å². The molecule has 1 heterocycles. The van der Waals surface area contributed by atoms with Crippen molar-refractivity contribution in [1.82, 2.24) is 4.90 Å². The van der Waals surface area contributed by atoms with Crippen molar-refractivity contribution in [3.63, 3.8) is 0 Å². The Kier molecular flexibility index (Phi) is 7.05. The van der Waals surface area contributed by atoms with Gasteiger partial charge in [-0.05, 0) is 24.5 Å². The van der Waals surface area contributed by atoms with Crippen molar-refractivity contribution >= 4 is 6.09 Å². The first-order chi connectivity index (χ1) is 15.5. The highest BCUT2D eigenvalue weighted by Gasteiger charge is 2.60. The van der Waals surface area contributed by atoms with E-state index in [0.717, 1.165) is 10.5 Å². The summed E-state index contributed by atoms with van der Waals surface area (Å²) in [7, 11) is 0. The maximum absolute atomic E-state index is 12.7. The quantitative estimate of drug-likeness (QED) is 0.536. The van der Waals surface area contributed by atoms with Gasteiger partial charge in [-0.25, -0.2) is 4.79 Å². The van der Waals surface area contributed by atoms with Gasteiger partial charge in [-0.3, -0.25) is 0 Å². The molecule has 0 aromatic heterocycles. The summed E-state index contributed by atoms with van der Waals surface area (Å²) in [5, 5.41) is 9.65. The second kappa shape index (κ2) is 9.60. The van der Waals surface area contributed by atoms with E-state index in [4.69, 9.17) is 4.74 Å². The van der Waals surface area contributed by atoms with Crippen LogP contribution in [0.25, 0.3) is 11.1 Å². The van der Waals surface area contributed by atoms with Crippen LogP contribution in [0.5, 0.6) is 5.75 Å². The largest absolute Gasteiger partial charge is 0.487 e. The Morgan fingerprint density at radius 1 is 1.03 bits per heavy atom. The molecule has 1 unspecified atom stereocenters. The average molecular weight is 472 g/mol. The van der Waals surface area contributed by atoms with E-state index >= 15 is 0 Å². The Labute approximate surface area is 185 Å². The fraction of sp³-hybridized carbons (Fsp3) is 0.364. The highest BCUT2D eigenvalue weighted by atomic mass is 19.4. The summed E-state index contributed by atoms with van der Waals surface area (Å²) in [6, 6.07) is 16.0. The molecular formula is C22H18F6N2O3. The number of nitriles is 1. The number of likely N-dealkylation sites (tertiary alicyclic amines) is 1. The molecule has 0 N–H and O–H groups in total. The van der Waals surface area contributed by atoms with E-state index in [0.29, 0.717) is 12.0 Å². The lowest BCUT2D eigenvalue weighted by Crippen LogP contribution is -2.51. The highest BCUT2D eigenvalue weighted by Crippen LogP contribution is 2.36. The molecule has 2 aromatic carbocycles. The van der Waals surface area contributed by atoms with Gasteiger partial charge in [0.2, 0.25) is 0 Å². The van der Waals surface area contributed by atoms with Crippen LogP contribution in [0.4, 0.5) is 31.1 Å². The number of benzene rings is 2. The molecule has 1 aliphatic heterocycles. The summed E-state index contributed by atoms with van der Waals surface area (Å²) in [4.78, 5) is 12.8. The molecule has 0 bridgehead atoms. The normalized spacial score (nSPS) is 16.9. The third kappa shape index (κ3) is 5.88. The Morgan fingerprint density at radius 2 is 1.70 bits per heavy atom. The summed E-state index contributed by atoms with van der Waals surface area (Å²) in [5.41, 5.74) is 1.58. The van der Waals surface area contributed by atoms with Crippen molar-refractivity contribution < 1.29 is 40.6 Å². The summed E-state index contributed by atoms with van der Waals surface area (Å²) in [5.74, 6) is 0.197. The van der Waals surface area contributed by atoms with Gasteiger partial charge in [-0.15, -0.1) is 0 Å². The number of piperidine rings is 1. The molecule has 2 aromatic rings. The lowest BCUT2D eigenvalue weighted by Gasteiger charge is -2.34. The van der Waals surface area contributed by atoms with Crippen LogP contribution in [0.3, 0.4) is 0 Å². The first-order valence-corrected chi connectivity index (χ1v) is 9.85. The number of hydrogen-bond donors (Lipinski definition) is 0. The van der Waals surface area contributed by atoms with Crippen molar-refractivity contribution in [2.24, 2.45) is 0 Å². The molecule has 1 saturated heterocycles. The summed E-state index contributed by atoms with van der Waals surface area (Å²) in [6.07, 6.45) is -17.6. The zero-order valence-electron chi connectivity index (χ0n) is 17.0. The predicted molar refractivity (Wildman–Crippen MR) is 104 cm³/mol. The SMILES string of the molecule is N#Cc1c(OC2CCCN(C(=O)OC(C(F)(F)F)C(F)(F)F)C2)cccc1-c1ccccc1. The minimum Gasteiger partial charge on any atom is -0.487 e. The van der Waals surface area contributed by atoms with E-state index in [9.17, 15) is 36.4 Å². The van der Waals surface area contributed by atoms with Gasteiger partial charge in [0, 0.05) is 12.1 Å². The molecule has 1 amide bonds. The highest BCUT2D eigenvalue weighted by molar-refractivity contribution is 5.73. The van der Waals surface area contributed by atoms with Gasteiger partial charge in [-0.2, -0.15) is 31.6 Å². The minimum absolute atomic E-state index is 0.0870. The number of carbonyl (C=O) groups excluding carboxylic acids is 1. The van der Waals surface area contributed by atoms with Crippen LogP contribution in [-0.2, 0) is 4.74 Å². The second-order valence-electron chi connectivity index (χ2n) is 7.33. The van der Waals surface area contributed by atoms with E-state index < -0.39 is 30.7 Å². The van der Waals surface area contributed by atoms with Crippen LogP contribution in [0.15, 0.2) is 48.5 Å². The third-order valence-electron chi connectivity index (χ3n) is 4.97.